The van der Waals surface area contributed by atoms with Crippen molar-refractivity contribution in [3.8, 4) is 0 Å². The molecule has 6 nitrogen and oxygen atoms in total. The lowest BCUT2D eigenvalue weighted by molar-refractivity contribution is 0.0934. The van der Waals surface area contributed by atoms with Gasteiger partial charge in [0.2, 0.25) is 0 Å². The summed E-state index contributed by atoms with van der Waals surface area (Å²) in [6, 6.07) is 7.11. The minimum atomic E-state index is -0.325. The Labute approximate surface area is 121 Å². The van der Waals surface area contributed by atoms with Crippen LogP contribution in [0.5, 0.6) is 0 Å². The summed E-state index contributed by atoms with van der Waals surface area (Å²) >= 11 is 6.09. The zero-order chi connectivity index (χ0) is 14.5. The molecule has 1 unspecified atom stereocenters. The average Bonchev–Trinajstić information content (AvgIpc) is 2.47. The maximum Gasteiger partial charge on any atom is 0.271 e. The quantitative estimate of drug-likeness (QED) is 0.591. The predicted molar refractivity (Wildman–Crippen MR) is 77.2 cm³/mol. The Morgan fingerprint density at radius 3 is 2.65 bits per heavy atom. The van der Waals surface area contributed by atoms with Crippen LogP contribution < -0.4 is 16.6 Å². The van der Waals surface area contributed by atoms with Gasteiger partial charge in [0.1, 0.15) is 5.69 Å². The van der Waals surface area contributed by atoms with Gasteiger partial charge in [-0.15, -0.1) is 0 Å². The maximum atomic E-state index is 12.0. The third kappa shape index (κ3) is 3.23. The van der Waals surface area contributed by atoms with Crippen molar-refractivity contribution in [2.24, 2.45) is 5.84 Å². The molecule has 0 aliphatic carbocycles. The van der Waals surface area contributed by atoms with Crippen LogP contribution >= 0.6 is 11.6 Å². The summed E-state index contributed by atoms with van der Waals surface area (Å²) in [7, 11) is 0. The number of halogens is 1. The van der Waals surface area contributed by atoms with Crippen molar-refractivity contribution >= 4 is 23.3 Å². The smallest absolute Gasteiger partial charge is 0.271 e. The number of rotatable bonds is 4. The number of nitrogens with two attached hydrogens (primary N) is 1. The van der Waals surface area contributed by atoms with Crippen LogP contribution in [0.2, 0.25) is 5.02 Å². The number of hydrazine groups is 1. The molecule has 1 heterocycles. The molecule has 20 heavy (non-hydrogen) atoms. The summed E-state index contributed by atoms with van der Waals surface area (Å²) in [4.78, 5) is 19.9. The largest absolute Gasteiger partial charge is 0.344 e. The summed E-state index contributed by atoms with van der Waals surface area (Å²) in [6.07, 6.45) is 2.74. The number of carbonyl (C=O) groups is 1. The lowest BCUT2D eigenvalue weighted by Crippen LogP contribution is -2.27. The SMILES string of the molecule is CC(NC(=O)c1cnc(NN)cn1)c1ccccc1Cl. The highest BCUT2D eigenvalue weighted by Gasteiger charge is 2.14. The van der Waals surface area contributed by atoms with Crippen molar-refractivity contribution in [3.63, 3.8) is 0 Å². The number of nitrogen functional groups attached to an aromatic ring is 1. The van der Waals surface area contributed by atoms with E-state index in [9.17, 15) is 4.79 Å². The van der Waals surface area contributed by atoms with E-state index in [-0.39, 0.29) is 17.6 Å². The third-order valence-corrected chi connectivity index (χ3v) is 3.10. The normalized spacial score (nSPS) is 11.8. The summed E-state index contributed by atoms with van der Waals surface area (Å²) in [5.41, 5.74) is 3.40. The van der Waals surface area contributed by atoms with Crippen molar-refractivity contribution in [1.82, 2.24) is 15.3 Å². The molecule has 0 radical (unpaired) electrons. The van der Waals surface area contributed by atoms with Crippen LogP contribution in [0.4, 0.5) is 5.82 Å². The highest BCUT2D eigenvalue weighted by atomic mass is 35.5. The molecule has 2 rings (SSSR count). The summed E-state index contributed by atoms with van der Waals surface area (Å²) in [5.74, 6) is 5.25. The first kappa shape index (κ1) is 14.2. The van der Waals surface area contributed by atoms with E-state index in [0.717, 1.165) is 5.56 Å². The molecule has 4 N–H and O–H groups in total. The van der Waals surface area contributed by atoms with Crippen LogP contribution in [0.1, 0.15) is 29.0 Å². The number of amides is 1. The molecule has 0 aliphatic rings. The van der Waals surface area contributed by atoms with Gasteiger partial charge in [-0.2, -0.15) is 0 Å². The van der Waals surface area contributed by atoms with E-state index in [1.54, 1.807) is 6.07 Å². The van der Waals surface area contributed by atoms with Crippen LogP contribution in [-0.2, 0) is 0 Å². The molecule has 1 amide bonds. The maximum absolute atomic E-state index is 12.0. The van der Waals surface area contributed by atoms with Gasteiger partial charge in [0, 0.05) is 5.02 Å². The first-order chi connectivity index (χ1) is 9.61. The Balaban J connectivity index is 2.09. The lowest BCUT2D eigenvalue weighted by atomic mass is 10.1. The van der Waals surface area contributed by atoms with Gasteiger partial charge in [-0.1, -0.05) is 29.8 Å². The first-order valence-corrected chi connectivity index (χ1v) is 6.33. The summed E-state index contributed by atoms with van der Waals surface area (Å²) in [6.45, 7) is 1.85. The van der Waals surface area contributed by atoms with E-state index < -0.39 is 0 Å². The lowest BCUT2D eigenvalue weighted by Gasteiger charge is -2.15. The van der Waals surface area contributed by atoms with Gasteiger partial charge in [-0.3, -0.25) is 4.79 Å². The molecule has 1 aromatic carbocycles. The first-order valence-electron chi connectivity index (χ1n) is 5.95. The fourth-order valence-electron chi connectivity index (χ4n) is 1.69. The second-order valence-corrected chi connectivity index (χ2v) is 4.56. The topological polar surface area (TPSA) is 92.9 Å². The Bertz CT molecular complexity index is 602. The number of hydrogen-bond acceptors (Lipinski definition) is 5. The van der Waals surface area contributed by atoms with Gasteiger partial charge in [0.15, 0.2) is 5.82 Å². The van der Waals surface area contributed by atoms with E-state index >= 15 is 0 Å². The predicted octanol–water partition coefficient (Wildman–Crippen LogP) is 1.91. The highest BCUT2D eigenvalue weighted by Crippen LogP contribution is 2.22. The van der Waals surface area contributed by atoms with Crippen molar-refractivity contribution in [3.05, 3.63) is 52.9 Å². The number of carbonyl (C=O) groups excluding carboxylic acids is 1. The van der Waals surface area contributed by atoms with E-state index in [0.29, 0.717) is 10.8 Å². The molecular formula is C13H14ClN5O. The van der Waals surface area contributed by atoms with Crippen molar-refractivity contribution in [2.75, 3.05) is 5.43 Å². The monoisotopic (exact) mass is 291 g/mol. The van der Waals surface area contributed by atoms with Crippen LogP contribution in [0.15, 0.2) is 36.7 Å². The molecule has 2 aromatic rings. The van der Waals surface area contributed by atoms with Gasteiger partial charge in [-0.05, 0) is 18.6 Å². The van der Waals surface area contributed by atoms with Gasteiger partial charge in [-0.25, -0.2) is 15.8 Å². The average molecular weight is 292 g/mol. The number of aromatic nitrogens is 2. The van der Waals surface area contributed by atoms with Crippen LogP contribution in [0.3, 0.4) is 0 Å². The summed E-state index contributed by atoms with van der Waals surface area (Å²) < 4.78 is 0. The zero-order valence-corrected chi connectivity index (χ0v) is 11.6. The van der Waals surface area contributed by atoms with Crippen molar-refractivity contribution in [2.45, 2.75) is 13.0 Å². The molecule has 1 atom stereocenters. The molecular weight excluding hydrogens is 278 g/mol. The number of nitrogens with zero attached hydrogens (tertiary/aromatic N) is 2. The number of hydrogen-bond donors (Lipinski definition) is 3. The summed E-state index contributed by atoms with van der Waals surface area (Å²) in [5, 5.41) is 3.42. The van der Waals surface area contributed by atoms with E-state index in [1.807, 2.05) is 25.1 Å². The van der Waals surface area contributed by atoms with Crippen LogP contribution in [-0.4, -0.2) is 15.9 Å². The number of benzene rings is 1. The van der Waals surface area contributed by atoms with Gasteiger partial charge < -0.3 is 10.7 Å². The van der Waals surface area contributed by atoms with Crippen LogP contribution in [0, 0.1) is 0 Å². The highest BCUT2D eigenvalue weighted by molar-refractivity contribution is 6.31. The molecule has 0 bridgehead atoms. The van der Waals surface area contributed by atoms with E-state index in [1.165, 1.54) is 12.4 Å². The van der Waals surface area contributed by atoms with Crippen LogP contribution in [0.25, 0.3) is 0 Å². The van der Waals surface area contributed by atoms with Crippen molar-refractivity contribution < 1.29 is 4.79 Å². The fourth-order valence-corrected chi connectivity index (χ4v) is 1.99. The minimum absolute atomic E-state index is 0.211. The molecule has 0 spiro atoms. The van der Waals surface area contributed by atoms with E-state index in [4.69, 9.17) is 17.4 Å². The van der Waals surface area contributed by atoms with Gasteiger partial charge in [0.05, 0.1) is 18.4 Å². The number of nitrogens with one attached hydrogen (secondary N) is 2. The molecule has 0 fully saturated rings. The van der Waals surface area contributed by atoms with Crippen molar-refractivity contribution in [1.29, 1.82) is 0 Å². The fraction of sp³-hybridized carbons (Fsp3) is 0.154. The van der Waals surface area contributed by atoms with E-state index in [2.05, 4.69) is 20.7 Å². The molecule has 7 heteroatoms. The third-order valence-electron chi connectivity index (χ3n) is 2.75. The molecule has 104 valence electrons. The second kappa shape index (κ2) is 6.31. The van der Waals surface area contributed by atoms with Gasteiger partial charge >= 0.3 is 0 Å². The molecule has 1 aromatic heterocycles. The molecule has 0 saturated heterocycles. The van der Waals surface area contributed by atoms with Gasteiger partial charge in [0.25, 0.3) is 5.91 Å². The number of anilines is 1. The molecule has 0 saturated carbocycles. The Morgan fingerprint density at radius 1 is 1.30 bits per heavy atom. The standard InChI is InChI=1S/C13H14ClN5O/c1-8(9-4-2-3-5-10(9)14)18-13(20)11-6-17-12(19-15)7-16-11/h2-8H,15H2,1H3,(H,17,19)(H,18,20). The zero-order valence-electron chi connectivity index (χ0n) is 10.8. The Hall–Kier alpha value is -2.18. The Kier molecular flexibility index (Phi) is 4.49. The Morgan fingerprint density at radius 2 is 2.05 bits per heavy atom. The minimum Gasteiger partial charge on any atom is -0.344 e. The second-order valence-electron chi connectivity index (χ2n) is 4.15. The molecule has 0 aliphatic heterocycles.